The van der Waals surface area contributed by atoms with Crippen LogP contribution in [0.15, 0.2) is 48.5 Å². The van der Waals surface area contributed by atoms with Crippen LogP contribution in [0.3, 0.4) is 0 Å². The van der Waals surface area contributed by atoms with Gasteiger partial charge in [0.05, 0.1) is 6.61 Å². The van der Waals surface area contributed by atoms with Gasteiger partial charge in [0.15, 0.2) is 0 Å². The zero-order valence-corrected chi connectivity index (χ0v) is 15.1. The van der Waals surface area contributed by atoms with Crippen molar-refractivity contribution >= 4 is 11.4 Å². The van der Waals surface area contributed by atoms with Crippen molar-refractivity contribution in [2.24, 2.45) is 0 Å². The summed E-state index contributed by atoms with van der Waals surface area (Å²) in [5, 5.41) is 6.96. The molecule has 3 heteroatoms. The third kappa shape index (κ3) is 5.80. The van der Waals surface area contributed by atoms with E-state index in [0.29, 0.717) is 5.92 Å². The maximum absolute atomic E-state index is 5.68. The Bertz CT molecular complexity index is 593. The highest BCUT2D eigenvalue weighted by Gasteiger charge is 2.04. The van der Waals surface area contributed by atoms with Gasteiger partial charge in [-0.3, -0.25) is 0 Å². The number of anilines is 2. The molecule has 0 saturated heterocycles. The Labute approximate surface area is 146 Å². The minimum absolute atomic E-state index is 0.530. The maximum atomic E-state index is 5.68. The molecule has 0 unspecified atom stereocenters. The minimum atomic E-state index is 0.530. The molecular weight excluding hydrogens is 296 g/mol. The number of para-hydroxylation sites is 1. The van der Waals surface area contributed by atoms with Gasteiger partial charge in [0.1, 0.15) is 5.75 Å². The Hall–Kier alpha value is -2.16. The average Bonchev–Trinajstić information content (AvgIpc) is 2.60. The Morgan fingerprint density at radius 1 is 0.917 bits per heavy atom. The van der Waals surface area contributed by atoms with Crippen LogP contribution in [-0.2, 0) is 0 Å². The van der Waals surface area contributed by atoms with Crippen LogP contribution in [0.1, 0.15) is 45.1 Å². The molecule has 3 nitrogen and oxygen atoms in total. The first-order valence-electron chi connectivity index (χ1n) is 9.00. The number of nitrogens with one attached hydrogen (secondary N) is 2. The van der Waals surface area contributed by atoms with E-state index in [4.69, 9.17) is 4.74 Å². The molecule has 0 fully saturated rings. The van der Waals surface area contributed by atoms with Crippen molar-refractivity contribution in [3.8, 4) is 5.75 Å². The quantitative estimate of drug-likeness (QED) is 0.565. The molecule has 2 N–H and O–H groups in total. The summed E-state index contributed by atoms with van der Waals surface area (Å²) in [7, 11) is 0. The smallest absolute Gasteiger partial charge is 0.119 e. The lowest BCUT2D eigenvalue weighted by molar-refractivity contribution is 0.309. The van der Waals surface area contributed by atoms with Crippen molar-refractivity contribution in [3.63, 3.8) is 0 Å². The predicted octanol–water partition coefficient (Wildman–Crippen LogP) is 5.51. The van der Waals surface area contributed by atoms with E-state index >= 15 is 0 Å². The SMILES string of the molecule is CCCCOc1ccc(NCCNc2ccccc2C(C)C)cc1. The van der Waals surface area contributed by atoms with E-state index in [-0.39, 0.29) is 0 Å². The van der Waals surface area contributed by atoms with E-state index in [1.54, 1.807) is 0 Å². The highest BCUT2D eigenvalue weighted by molar-refractivity contribution is 5.53. The second kappa shape index (κ2) is 9.86. The van der Waals surface area contributed by atoms with Crippen molar-refractivity contribution in [2.45, 2.75) is 39.5 Å². The first kappa shape index (κ1) is 18.2. The van der Waals surface area contributed by atoms with Gasteiger partial charge >= 0.3 is 0 Å². The number of hydrogen-bond donors (Lipinski definition) is 2. The first-order chi connectivity index (χ1) is 11.7. The van der Waals surface area contributed by atoms with Crippen LogP contribution >= 0.6 is 0 Å². The van der Waals surface area contributed by atoms with Gasteiger partial charge in [-0.1, -0.05) is 45.4 Å². The Balaban J connectivity index is 1.74. The summed E-state index contributed by atoms with van der Waals surface area (Å²) in [6, 6.07) is 16.7. The molecule has 2 rings (SSSR count). The van der Waals surface area contributed by atoms with Crippen LogP contribution in [0.5, 0.6) is 5.75 Å². The zero-order valence-electron chi connectivity index (χ0n) is 15.1. The van der Waals surface area contributed by atoms with E-state index in [9.17, 15) is 0 Å². The van der Waals surface area contributed by atoms with Crippen LogP contribution in [-0.4, -0.2) is 19.7 Å². The van der Waals surface area contributed by atoms with Gasteiger partial charge in [-0.15, -0.1) is 0 Å². The van der Waals surface area contributed by atoms with Gasteiger partial charge in [-0.05, 0) is 48.2 Å². The van der Waals surface area contributed by atoms with Crippen molar-refractivity contribution in [2.75, 3.05) is 30.3 Å². The normalized spacial score (nSPS) is 10.7. The Morgan fingerprint density at radius 3 is 2.33 bits per heavy atom. The monoisotopic (exact) mass is 326 g/mol. The van der Waals surface area contributed by atoms with Gasteiger partial charge in [0, 0.05) is 24.5 Å². The third-order valence-corrected chi connectivity index (χ3v) is 3.97. The second-order valence-corrected chi connectivity index (χ2v) is 6.32. The molecular formula is C21H30N2O. The van der Waals surface area contributed by atoms with Crippen molar-refractivity contribution < 1.29 is 4.74 Å². The van der Waals surface area contributed by atoms with E-state index in [1.165, 1.54) is 11.3 Å². The molecule has 0 saturated carbocycles. The molecule has 0 bridgehead atoms. The van der Waals surface area contributed by atoms with Crippen LogP contribution in [0.4, 0.5) is 11.4 Å². The lowest BCUT2D eigenvalue weighted by Gasteiger charge is -2.15. The predicted molar refractivity (Wildman–Crippen MR) is 104 cm³/mol. The van der Waals surface area contributed by atoms with Gasteiger partial charge in [-0.25, -0.2) is 0 Å². The zero-order chi connectivity index (χ0) is 17.2. The van der Waals surface area contributed by atoms with E-state index in [2.05, 4.69) is 67.8 Å². The second-order valence-electron chi connectivity index (χ2n) is 6.32. The van der Waals surface area contributed by atoms with Crippen LogP contribution in [0.25, 0.3) is 0 Å². The molecule has 0 atom stereocenters. The number of hydrogen-bond acceptors (Lipinski definition) is 3. The number of unbranched alkanes of at least 4 members (excludes halogenated alkanes) is 1. The lowest BCUT2D eigenvalue weighted by atomic mass is 10.0. The molecule has 0 aliphatic carbocycles. The Kier molecular flexibility index (Phi) is 7.47. The standard InChI is InChI=1S/C21H30N2O/c1-4-5-16-24-19-12-10-18(11-13-19)22-14-15-23-21-9-7-6-8-20(21)17(2)3/h6-13,17,22-23H,4-5,14-16H2,1-3H3. The molecule has 0 amide bonds. The molecule has 0 radical (unpaired) electrons. The first-order valence-corrected chi connectivity index (χ1v) is 9.00. The third-order valence-electron chi connectivity index (χ3n) is 3.97. The molecule has 0 aliphatic heterocycles. The maximum Gasteiger partial charge on any atom is 0.119 e. The van der Waals surface area contributed by atoms with Gasteiger partial charge in [-0.2, -0.15) is 0 Å². The molecule has 0 aromatic heterocycles. The molecule has 2 aromatic carbocycles. The van der Waals surface area contributed by atoms with Crippen molar-refractivity contribution in [1.29, 1.82) is 0 Å². The fraction of sp³-hybridized carbons (Fsp3) is 0.429. The average molecular weight is 326 g/mol. The summed E-state index contributed by atoms with van der Waals surface area (Å²) in [5.74, 6) is 1.47. The molecule has 0 heterocycles. The number of ether oxygens (including phenoxy) is 1. The van der Waals surface area contributed by atoms with Gasteiger partial charge in [0.25, 0.3) is 0 Å². The molecule has 0 aliphatic rings. The van der Waals surface area contributed by atoms with E-state index in [0.717, 1.165) is 44.0 Å². The summed E-state index contributed by atoms with van der Waals surface area (Å²) in [5.41, 5.74) is 3.72. The Morgan fingerprint density at radius 2 is 1.62 bits per heavy atom. The fourth-order valence-electron chi connectivity index (χ4n) is 2.57. The molecule has 130 valence electrons. The summed E-state index contributed by atoms with van der Waals surface area (Å²) in [4.78, 5) is 0. The summed E-state index contributed by atoms with van der Waals surface area (Å²) in [6.07, 6.45) is 2.26. The van der Waals surface area contributed by atoms with Crippen LogP contribution in [0.2, 0.25) is 0 Å². The lowest BCUT2D eigenvalue weighted by Crippen LogP contribution is -2.14. The topological polar surface area (TPSA) is 33.3 Å². The van der Waals surface area contributed by atoms with Gasteiger partial charge < -0.3 is 15.4 Å². The van der Waals surface area contributed by atoms with Gasteiger partial charge in [0.2, 0.25) is 0 Å². The van der Waals surface area contributed by atoms with Crippen molar-refractivity contribution in [3.05, 3.63) is 54.1 Å². The molecule has 0 spiro atoms. The van der Waals surface area contributed by atoms with E-state index < -0.39 is 0 Å². The van der Waals surface area contributed by atoms with E-state index in [1.807, 2.05) is 12.1 Å². The van der Waals surface area contributed by atoms with Crippen LogP contribution in [0, 0.1) is 0 Å². The fourth-order valence-corrected chi connectivity index (χ4v) is 2.57. The van der Waals surface area contributed by atoms with Crippen LogP contribution < -0.4 is 15.4 Å². The highest BCUT2D eigenvalue weighted by atomic mass is 16.5. The molecule has 2 aromatic rings. The largest absolute Gasteiger partial charge is 0.494 e. The highest BCUT2D eigenvalue weighted by Crippen LogP contribution is 2.23. The summed E-state index contributed by atoms with van der Waals surface area (Å²) < 4.78 is 5.68. The molecule has 24 heavy (non-hydrogen) atoms. The minimum Gasteiger partial charge on any atom is -0.494 e. The summed E-state index contributed by atoms with van der Waals surface area (Å²) in [6.45, 7) is 9.18. The number of benzene rings is 2. The van der Waals surface area contributed by atoms with Crippen molar-refractivity contribution in [1.82, 2.24) is 0 Å². The summed E-state index contributed by atoms with van der Waals surface area (Å²) >= 11 is 0. The number of rotatable bonds is 10.